The average molecular weight is 339 g/mol. The minimum absolute atomic E-state index is 0.386. The molecule has 0 saturated heterocycles. The molecule has 25 heavy (non-hydrogen) atoms. The van der Waals surface area contributed by atoms with Gasteiger partial charge in [-0.05, 0) is 42.5 Å². The number of carbonyl (C=O) groups excluding carboxylic acids is 2. The van der Waals surface area contributed by atoms with Crippen molar-refractivity contribution in [2.75, 3.05) is 25.6 Å². The molecule has 0 bridgehead atoms. The Bertz CT molecular complexity index is 755. The van der Waals surface area contributed by atoms with E-state index in [1.54, 1.807) is 48.5 Å². The van der Waals surface area contributed by atoms with Gasteiger partial charge in [-0.15, -0.1) is 0 Å². The van der Waals surface area contributed by atoms with Crippen molar-refractivity contribution in [1.82, 2.24) is 10.9 Å². The van der Waals surface area contributed by atoms with Crippen molar-refractivity contribution in [2.24, 2.45) is 0 Å². The van der Waals surface area contributed by atoms with E-state index in [9.17, 15) is 9.59 Å². The van der Waals surface area contributed by atoms with E-state index < -0.39 is 5.91 Å². The summed E-state index contributed by atoms with van der Waals surface area (Å²) < 4.78 is 5.35. The highest BCUT2D eigenvalue weighted by atomic mass is 16.5. The van der Waals surface area contributed by atoms with Gasteiger partial charge in [-0.2, -0.15) is 0 Å². The van der Waals surface area contributed by atoms with Gasteiger partial charge in [0, 0.05) is 30.9 Å². The number of hydrazine groups is 1. The molecule has 130 valence electrons. The Balaban J connectivity index is 1.93. The van der Waals surface area contributed by atoms with Crippen molar-refractivity contribution in [3.8, 4) is 5.75 Å². The first-order valence-corrected chi connectivity index (χ1v) is 7.73. The van der Waals surface area contributed by atoms with E-state index in [-0.39, 0.29) is 5.91 Å². The Morgan fingerprint density at radius 3 is 2.28 bits per heavy atom. The van der Waals surface area contributed by atoms with Crippen LogP contribution in [-0.4, -0.2) is 32.5 Å². The van der Waals surface area contributed by atoms with Crippen molar-refractivity contribution < 1.29 is 14.3 Å². The van der Waals surface area contributed by atoms with Crippen LogP contribution in [0.15, 0.2) is 61.2 Å². The highest BCUT2D eigenvalue weighted by Crippen LogP contribution is 2.13. The minimum atomic E-state index is -0.410. The first-order chi connectivity index (χ1) is 12.0. The maximum Gasteiger partial charge on any atom is 0.269 e. The molecule has 0 aliphatic heterocycles. The van der Waals surface area contributed by atoms with Crippen LogP contribution in [0.25, 0.3) is 0 Å². The first-order valence-electron chi connectivity index (χ1n) is 7.73. The molecule has 0 fully saturated rings. The summed E-state index contributed by atoms with van der Waals surface area (Å²) in [6.45, 7) is 3.97. The molecule has 2 rings (SSSR count). The fourth-order valence-electron chi connectivity index (χ4n) is 2.04. The number of benzene rings is 2. The molecule has 2 N–H and O–H groups in total. The van der Waals surface area contributed by atoms with Gasteiger partial charge in [0.1, 0.15) is 12.4 Å². The molecule has 0 unspecified atom stereocenters. The van der Waals surface area contributed by atoms with Gasteiger partial charge in [-0.25, -0.2) is 0 Å². The van der Waals surface area contributed by atoms with Crippen molar-refractivity contribution in [3.63, 3.8) is 0 Å². The van der Waals surface area contributed by atoms with Crippen LogP contribution in [0.1, 0.15) is 20.7 Å². The molecule has 2 aromatic rings. The second-order valence-electron chi connectivity index (χ2n) is 5.48. The summed E-state index contributed by atoms with van der Waals surface area (Å²) in [5.41, 5.74) is 6.58. The third-order valence-electron chi connectivity index (χ3n) is 3.40. The fraction of sp³-hybridized carbons (Fsp3) is 0.158. The first kappa shape index (κ1) is 18.1. The van der Waals surface area contributed by atoms with Crippen LogP contribution < -0.4 is 20.5 Å². The molecular weight excluding hydrogens is 318 g/mol. The molecule has 0 aromatic heterocycles. The van der Waals surface area contributed by atoms with Crippen molar-refractivity contribution in [3.05, 3.63) is 72.3 Å². The van der Waals surface area contributed by atoms with Gasteiger partial charge in [-0.3, -0.25) is 20.4 Å². The number of ether oxygens (including phenoxy) is 1. The number of hydrogen-bond acceptors (Lipinski definition) is 4. The molecule has 0 radical (unpaired) electrons. The summed E-state index contributed by atoms with van der Waals surface area (Å²) in [6.07, 6.45) is 1.64. The molecule has 0 aliphatic carbocycles. The number of nitrogens with zero attached hydrogens (tertiary/aromatic N) is 1. The number of amides is 2. The lowest BCUT2D eigenvalue weighted by molar-refractivity contribution is 0.0846. The Hall–Kier alpha value is -3.28. The van der Waals surface area contributed by atoms with E-state index in [1.165, 1.54) is 0 Å². The molecule has 2 amide bonds. The standard InChI is InChI=1S/C19H21N3O3/c1-4-12-25-17-10-8-14(9-11-17)18(23)20-21-19(24)15-6-5-7-16(13-15)22(2)3/h4-11,13H,1,12H2,2-3H3,(H,20,23)(H,21,24). The molecule has 0 spiro atoms. The smallest absolute Gasteiger partial charge is 0.269 e. The highest BCUT2D eigenvalue weighted by molar-refractivity contribution is 5.99. The van der Waals surface area contributed by atoms with E-state index in [4.69, 9.17) is 4.74 Å². The van der Waals surface area contributed by atoms with Crippen LogP contribution in [0, 0.1) is 0 Å². The quantitative estimate of drug-likeness (QED) is 0.626. The van der Waals surface area contributed by atoms with Gasteiger partial charge >= 0.3 is 0 Å². The fourth-order valence-corrected chi connectivity index (χ4v) is 2.04. The van der Waals surface area contributed by atoms with Crippen molar-refractivity contribution >= 4 is 17.5 Å². The number of nitrogens with one attached hydrogen (secondary N) is 2. The third-order valence-corrected chi connectivity index (χ3v) is 3.40. The van der Waals surface area contributed by atoms with E-state index >= 15 is 0 Å². The molecule has 0 atom stereocenters. The summed E-state index contributed by atoms with van der Waals surface area (Å²) in [5, 5.41) is 0. The van der Waals surface area contributed by atoms with Crippen molar-refractivity contribution in [1.29, 1.82) is 0 Å². The second kappa shape index (κ2) is 8.54. The second-order valence-corrected chi connectivity index (χ2v) is 5.48. The third kappa shape index (κ3) is 5.10. The van der Waals surface area contributed by atoms with Crippen LogP contribution in [0.5, 0.6) is 5.75 Å². The van der Waals surface area contributed by atoms with Crippen LogP contribution in [0.4, 0.5) is 5.69 Å². The molecule has 6 heteroatoms. The van der Waals surface area contributed by atoms with Crippen LogP contribution in [-0.2, 0) is 0 Å². The van der Waals surface area contributed by atoms with E-state index in [0.717, 1.165) is 5.69 Å². The number of rotatable bonds is 6. The zero-order valence-corrected chi connectivity index (χ0v) is 14.3. The van der Waals surface area contributed by atoms with E-state index in [0.29, 0.717) is 23.5 Å². The van der Waals surface area contributed by atoms with Crippen molar-refractivity contribution in [2.45, 2.75) is 0 Å². The molecule has 2 aromatic carbocycles. The lowest BCUT2D eigenvalue weighted by atomic mass is 10.2. The predicted molar refractivity (Wildman–Crippen MR) is 97.8 cm³/mol. The Morgan fingerprint density at radius 2 is 1.68 bits per heavy atom. The number of hydrogen-bond donors (Lipinski definition) is 2. The summed E-state index contributed by atoms with van der Waals surface area (Å²) in [7, 11) is 3.78. The highest BCUT2D eigenvalue weighted by Gasteiger charge is 2.10. The normalized spacial score (nSPS) is 9.84. The summed E-state index contributed by atoms with van der Waals surface area (Å²) in [4.78, 5) is 26.1. The number of carbonyl (C=O) groups is 2. The maximum absolute atomic E-state index is 12.2. The molecular formula is C19H21N3O3. The minimum Gasteiger partial charge on any atom is -0.490 e. The van der Waals surface area contributed by atoms with E-state index in [2.05, 4.69) is 17.4 Å². The Morgan fingerprint density at radius 1 is 1.04 bits per heavy atom. The molecule has 0 heterocycles. The van der Waals surface area contributed by atoms with Gasteiger partial charge in [0.05, 0.1) is 0 Å². The van der Waals surface area contributed by atoms with Crippen LogP contribution in [0.3, 0.4) is 0 Å². The summed E-state index contributed by atoms with van der Waals surface area (Å²) in [5.74, 6) is -0.156. The zero-order chi connectivity index (χ0) is 18.2. The van der Waals surface area contributed by atoms with Gasteiger partial charge in [-0.1, -0.05) is 18.7 Å². The maximum atomic E-state index is 12.2. The molecule has 0 aliphatic rings. The predicted octanol–water partition coefficient (Wildman–Crippen LogP) is 2.39. The molecule has 6 nitrogen and oxygen atoms in total. The monoisotopic (exact) mass is 339 g/mol. The lowest BCUT2D eigenvalue weighted by Crippen LogP contribution is -2.41. The Labute approximate surface area is 147 Å². The average Bonchev–Trinajstić information content (AvgIpc) is 2.64. The van der Waals surface area contributed by atoms with Gasteiger partial charge in [0.2, 0.25) is 0 Å². The van der Waals surface area contributed by atoms with Gasteiger partial charge in [0.15, 0.2) is 0 Å². The topological polar surface area (TPSA) is 70.7 Å². The lowest BCUT2D eigenvalue weighted by Gasteiger charge is -2.13. The van der Waals surface area contributed by atoms with Crippen LogP contribution >= 0.6 is 0 Å². The SMILES string of the molecule is C=CCOc1ccc(C(=O)NNC(=O)c2cccc(N(C)C)c2)cc1. The largest absolute Gasteiger partial charge is 0.490 e. The van der Waals surface area contributed by atoms with Crippen LogP contribution in [0.2, 0.25) is 0 Å². The molecule has 0 saturated carbocycles. The number of anilines is 1. The summed E-state index contributed by atoms with van der Waals surface area (Å²) in [6, 6.07) is 13.7. The van der Waals surface area contributed by atoms with E-state index in [1.807, 2.05) is 25.1 Å². The summed E-state index contributed by atoms with van der Waals surface area (Å²) >= 11 is 0. The Kier molecular flexibility index (Phi) is 6.17. The van der Waals surface area contributed by atoms with Gasteiger partial charge in [0.25, 0.3) is 11.8 Å². The zero-order valence-electron chi connectivity index (χ0n) is 14.3. The van der Waals surface area contributed by atoms with Gasteiger partial charge < -0.3 is 9.64 Å².